The van der Waals surface area contributed by atoms with Crippen molar-refractivity contribution < 1.29 is 4.79 Å². The molecular weight excluding hydrogens is 263 g/mol. The highest BCUT2D eigenvalue weighted by molar-refractivity contribution is 14.1. The third kappa shape index (κ3) is 1.94. The van der Waals surface area contributed by atoms with Gasteiger partial charge in [0.15, 0.2) is 5.78 Å². The van der Waals surface area contributed by atoms with E-state index in [1.54, 1.807) is 0 Å². The zero-order chi connectivity index (χ0) is 9.14. The second-order valence-electron chi connectivity index (χ2n) is 2.55. The number of allylic oxidation sites excluding steroid dienone is 1. The Morgan fingerprint density at radius 3 is 2.83 bits per heavy atom. The van der Waals surface area contributed by atoms with Gasteiger partial charge < -0.3 is 0 Å². The third-order valence-corrected chi connectivity index (χ3v) is 2.51. The second-order valence-corrected chi connectivity index (χ2v) is 3.71. The molecule has 0 saturated heterocycles. The molecule has 62 valence electrons. The lowest BCUT2D eigenvalue weighted by atomic mass is 10.1. The zero-order valence-corrected chi connectivity index (χ0v) is 8.96. The quantitative estimate of drug-likeness (QED) is 0.459. The van der Waals surface area contributed by atoms with Crippen LogP contribution in [0.1, 0.15) is 15.9 Å². The van der Waals surface area contributed by atoms with Gasteiger partial charge in [0.25, 0.3) is 0 Å². The molecule has 0 aliphatic carbocycles. The largest absolute Gasteiger partial charge is 0.289 e. The molecular formula is C10H9IO. The minimum absolute atomic E-state index is 0.0110. The van der Waals surface area contributed by atoms with E-state index < -0.39 is 0 Å². The van der Waals surface area contributed by atoms with E-state index in [-0.39, 0.29) is 5.78 Å². The first kappa shape index (κ1) is 9.45. The van der Waals surface area contributed by atoms with Gasteiger partial charge in [0, 0.05) is 9.13 Å². The first-order chi connectivity index (χ1) is 5.65. The molecule has 0 atom stereocenters. The van der Waals surface area contributed by atoms with Crippen LogP contribution in [-0.4, -0.2) is 5.78 Å². The van der Waals surface area contributed by atoms with E-state index >= 15 is 0 Å². The van der Waals surface area contributed by atoms with Gasteiger partial charge in [0.2, 0.25) is 0 Å². The van der Waals surface area contributed by atoms with Gasteiger partial charge in [-0.2, -0.15) is 0 Å². The molecule has 0 unspecified atom stereocenters. The number of rotatable bonds is 2. The number of hydrogen-bond acceptors (Lipinski definition) is 1. The summed E-state index contributed by atoms with van der Waals surface area (Å²) in [4.78, 5) is 11.3. The predicted molar refractivity (Wildman–Crippen MR) is 58.4 cm³/mol. The second kappa shape index (κ2) is 3.85. The standard InChI is InChI=1S/C10H9IO/c1-3-10(12)8-6-7(2)4-5-9(8)11/h3-6H,1H2,2H3. The van der Waals surface area contributed by atoms with Crippen molar-refractivity contribution in [3.05, 3.63) is 45.6 Å². The van der Waals surface area contributed by atoms with E-state index in [2.05, 4.69) is 29.2 Å². The lowest BCUT2D eigenvalue weighted by Gasteiger charge is -2.00. The first-order valence-corrected chi connectivity index (χ1v) is 4.66. The van der Waals surface area contributed by atoms with Crippen LogP contribution in [0.2, 0.25) is 0 Å². The summed E-state index contributed by atoms with van der Waals surface area (Å²) < 4.78 is 0.975. The maximum Gasteiger partial charge on any atom is 0.186 e. The Morgan fingerprint density at radius 2 is 2.25 bits per heavy atom. The average Bonchev–Trinajstić information content (AvgIpc) is 2.08. The summed E-state index contributed by atoms with van der Waals surface area (Å²) >= 11 is 2.15. The third-order valence-electron chi connectivity index (χ3n) is 1.57. The minimum atomic E-state index is -0.0110. The molecule has 0 amide bonds. The molecule has 1 aromatic carbocycles. The monoisotopic (exact) mass is 272 g/mol. The summed E-state index contributed by atoms with van der Waals surface area (Å²) in [5, 5.41) is 0. The number of carbonyl (C=O) groups is 1. The summed E-state index contributed by atoms with van der Waals surface area (Å²) in [6.45, 7) is 5.42. The lowest BCUT2D eigenvalue weighted by Crippen LogP contribution is -1.97. The summed E-state index contributed by atoms with van der Waals surface area (Å²) in [5.41, 5.74) is 1.84. The molecule has 12 heavy (non-hydrogen) atoms. The van der Waals surface area contributed by atoms with Crippen LogP contribution in [0.5, 0.6) is 0 Å². The average molecular weight is 272 g/mol. The number of carbonyl (C=O) groups excluding carboxylic acids is 1. The maximum absolute atomic E-state index is 11.3. The maximum atomic E-state index is 11.3. The van der Waals surface area contributed by atoms with E-state index in [1.165, 1.54) is 6.08 Å². The molecule has 1 nitrogen and oxygen atoms in total. The minimum Gasteiger partial charge on any atom is -0.289 e. The Balaban J connectivity index is 3.22. The van der Waals surface area contributed by atoms with Crippen molar-refractivity contribution in [1.29, 1.82) is 0 Å². The van der Waals surface area contributed by atoms with Crippen molar-refractivity contribution in [3.63, 3.8) is 0 Å². The van der Waals surface area contributed by atoms with Gasteiger partial charge in [-0.05, 0) is 47.7 Å². The highest BCUT2D eigenvalue weighted by Crippen LogP contribution is 2.14. The van der Waals surface area contributed by atoms with Gasteiger partial charge >= 0.3 is 0 Å². The van der Waals surface area contributed by atoms with Crippen molar-refractivity contribution in [1.82, 2.24) is 0 Å². The summed E-state index contributed by atoms with van der Waals surface area (Å²) in [6.07, 6.45) is 1.34. The van der Waals surface area contributed by atoms with Crippen LogP contribution in [0.25, 0.3) is 0 Å². The molecule has 1 aromatic rings. The van der Waals surface area contributed by atoms with E-state index in [9.17, 15) is 4.79 Å². The fourth-order valence-electron chi connectivity index (χ4n) is 0.938. The van der Waals surface area contributed by atoms with Crippen molar-refractivity contribution in [3.8, 4) is 0 Å². The number of aryl methyl sites for hydroxylation is 1. The highest BCUT2D eigenvalue weighted by Gasteiger charge is 2.05. The summed E-state index contributed by atoms with van der Waals surface area (Å²) in [7, 11) is 0. The first-order valence-electron chi connectivity index (χ1n) is 3.58. The van der Waals surface area contributed by atoms with E-state index in [0.29, 0.717) is 0 Å². The van der Waals surface area contributed by atoms with Crippen LogP contribution in [0.3, 0.4) is 0 Å². The van der Waals surface area contributed by atoms with Gasteiger partial charge in [0.1, 0.15) is 0 Å². The number of benzene rings is 1. The Kier molecular flexibility index (Phi) is 3.03. The van der Waals surface area contributed by atoms with Crippen LogP contribution in [-0.2, 0) is 0 Å². The molecule has 0 radical (unpaired) electrons. The Morgan fingerprint density at radius 1 is 1.58 bits per heavy atom. The smallest absolute Gasteiger partial charge is 0.186 e. The van der Waals surface area contributed by atoms with Crippen LogP contribution < -0.4 is 0 Å². The molecule has 0 bridgehead atoms. The number of ketones is 1. The van der Waals surface area contributed by atoms with Gasteiger partial charge in [-0.25, -0.2) is 0 Å². The molecule has 1 rings (SSSR count). The van der Waals surface area contributed by atoms with Crippen LogP contribution in [0.15, 0.2) is 30.9 Å². The van der Waals surface area contributed by atoms with Crippen molar-refractivity contribution in [2.45, 2.75) is 6.92 Å². The molecule has 0 fully saturated rings. The highest BCUT2D eigenvalue weighted by atomic mass is 127. The van der Waals surface area contributed by atoms with E-state index in [4.69, 9.17) is 0 Å². The Hall–Kier alpha value is -0.640. The normalized spacial score (nSPS) is 9.50. The van der Waals surface area contributed by atoms with E-state index in [1.807, 2.05) is 25.1 Å². The van der Waals surface area contributed by atoms with Crippen LogP contribution >= 0.6 is 22.6 Å². The summed E-state index contributed by atoms with van der Waals surface area (Å²) in [5.74, 6) is -0.0110. The molecule has 0 aromatic heterocycles. The van der Waals surface area contributed by atoms with Crippen molar-refractivity contribution >= 4 is 28.4 Å². The van der Waals surface area contributed by atoms with Gasteiger partial charge in [-0.1, -0.05) is 18.2 Å². The van der Waals surface area contributed by atoms with Crippen molar-refractivity contribution in [2.75, 3.05) is 0 Å². The molecule has 0 N–H and O–H groups in total. The molecule has 0 aliphatic rings. The Bertz CT molecular complexity index is 329. The molecule has 0 aliphatic heterocycles. The van der Waals surface area contributed by atoms with Gasteiger partial charge in [0.05, 0.1) is 0 Å². The molecule has 0 spiro atoms. The molecule has 0 heterocycles. The Labute approximate surface area is 85.6 Å². The zero-order valence-electron chi connectivity index (χ0n) is 6.80. The fourth-order valence-corrected chi connectivity index (χ4v) is 1.54. The molecule has 0 saturated carbocycles. The molecule has 2 heteroatoms. The van der Waals surface area contributed by atoms with Gasteiger partial charge in [-0.15, -0.1) is 0 Å². The predicted octanol–water partition coefficient (Wildman–Crippen LogP) is 2.97. The van der Waals surface area contributed by atoms with E-state index in [0.717, 1.165) is 14.7 Å². The number of hydrogen-bond donors (Lipinski definition) is 0. The summed E-state index contributed by atoms with van der Waals surface area (Å²) in [6, 6.07) is 5.81. The SMILES string of the molecule is C=CC(=O)c1cc(C)ccc1I. The van der Waals surface area contributed by atoms with Crippen LogP contribution in [0.4, 0.5) is 0 Å². The number of halogens is 1. The lowest BCUT2D eigenvalue weighted by molar-refractivity contribution is 0.104. The van der Waals surface area contributed by atoms with Crippen LogP contribution in [0, 0.1) is 10.5 Å². The van der Waals surface area contributed by atoms with Gasteiger partial charge in [-0.3, -0.25) is 4.79 Å². The topological polar surface area (TPSA) is 17.1 Å². The fraction of sp³-hybridized carbons (Fsp3) is 0.100. The van der Waals surface area contributed by atoms with Crippen molar-refractivity contribution in [2.24, 2.45) is 0 Å².